The number of nitrogens with zero attached hydrogens (tertiary/aromatic N) is 2. The maximum absolute atomic E-state index is 13.4. The Morgan fingerprint density at radius 3 is 2.38 bits per heavy atom. The zero-order valence-electron chi connectivity index (χ0n) is 23.4. The fourth-order valence-corrected chi connectivity index (χ4v) is 4.99. The average Bonchev–Trinajstić information content (AvgIpc) is 3.22. The van der Waals surface area contributed by atoms with Gasteiger partial charge in [-0.25, -0.2) is 0 Å². The third kappa shape index (κ3) is 5.97. The van der Waals surface area contributed by atoms with Gasteiger partial charge in [-0.1, -0.05) is 50.2 Å². The zero-order valence-corrected chi connectivity index (χ0v) is 23.4. The van der Waals surface area contributed by atoms with Crippen molar-refractivity contribution in [1.29, 1.82) is 0 Å². The van der Waals surface area contributed by atoms with Crippen LogP contribution < -0.4 is 9.47 Å². The SMILES string of the molecule is CCN(CC)CCN1C(=O)C(=O)C(=C(O)c2ccc(OCc3ccccc3)cc2C)[C@@H]1c1ccc(O)c(OC)c1. The van der Waals surface area contributed by atoms with Crippen molar-refractivity contribution in [3.63, 3.8) is 0 Å². The fourth-order valence-electron chi connectivity index (χ4n) is 4.99. The molecule has 1 saturated heterocycles. The molecule has 210 valence electrons. The van der Waals surface area contributed by atoms with Crippen molar-refractivity contribution >= 4 is 17.4 Å². The number of methoxy groups -OCH3 is 1. The van der Waals surface area contributed by atoms with Crippen molar-refractivity contribution in [3.8, 4) is 17.2 Å². The molecule has 40 heavy (non-hydrogen) atoms. The molecule has 1 fully saturated rings. The lowest BCUT2D eigenvalue weighted by Crippen LogP contribution is -2.38. The summed E-state index contributed by atoms with van der Waals surface area (Å²) in [5, 5.41) is 21.7. The van der Waals surface area contributed by atoms with Crippen LogP contribution in [0.3, 0.4) is 0 Å². The summed E-state index contributed by atoms with van der Waals surface area (Å²) in [4.78, 5) is 30.4. The number of Topliss-reactive ketones (excluding diaryl/α,β-unsaturated/α-hetero) is 1. The normalized spacial score (nSPS) is 16.5. The van der Waals surface area contributed by atoms with Crippen LogP contribution in [0.4, 0.5) is 0 Å². The summed E-state index contributed by atoms with van der Waals surface area (Å²) < 4.78 is 11.2. The Labute approximate surface area is 235 Å². The molecule has 0 bridgehead atoms. The molecule has 1 amide bonds. The molecule has 3 aromatic rings. The summed E-state index contributed by atoms with van der Waals surface area (Å²) in [6.07, 6.45) is 0. The first kappa shape index (κ1) is 28.7. The summed E-state index contributed by atoms with van der Waals surface area (Å²) in [5.41, 5.74) is 2.71. The lowest BCUT2D eigenvalue weighted by molar-refractivity contribution is -0.140. The largest absolute Gasteiger partial charge is 0.507 e. The zero-order chi connectivity index (χ0) is 28.8. The van der Waals surface area contributed by atoms with Gasteiger partial charge in [-0.2, -0.15) is 0 Å². The lowest BCUT2D eigenvalue weighted by Gasteiger charge is -2.28. The number of aliphatic hydroxyl groups excluding tert-OH is 1. The number of carbonyl (C=O) groups excluding carboxylic acids is 2. The topological polar surface area (TPSA) is 99.5 Å². The fraction of sp³-hybridized carbons (Fsp3) is 0.312. The van der Waals surface area contributed by atoms with E-state index in [0.29, 0.717) is 42.1 Å². The molecule has 0 saturated carbocycles. The molecular formula is C32H36N2O6. The van der Waals surface area contributed by atoms with Gasteiger partial charge in [-0.05, 0) is 67.0 Å². The highest BCUT2D eigenvalue weighted by Gasteiger charge is 2.46. The molecule has 0 spiro atoms. The van der Waals surface area contributed by atoms with Crippen molar-refractivity contribution < 1.29 is 29.3 Å². The summed E-state index contributed by atoms with van der Waals surface area (Å²) in [6, 6.07) is 18.9. The molecule has 0 unspecified atom stereocenters. The number of aliphatic hydroxyl groups is 1. The minimum absolute atomic E-state index is 0.00153. The van der Waals surface area contributed by atoms with Gasteiger partial charge >= 0.3 is 0 Å². The Morgan fingerprint density at radius 2 is 1.73 bits per heavy atom. The molecule has 0 radical (unpaired) electrons. The van der Waals surface area contributed by atoms with E-state index in [9.17, 15) is 19.8 Å². The van der Waals surface area contributed by atoms with Gasteiger partial charge in [0.2, 0.25) is 0 Å². The number of phenols is 1. The average molecular weight is 545 g/mol. The van der Waals surface area contributed by atoms with Gasteiger partial charge in [0.05, 0.1) is 18.7 Å². The second-order valence-corrected chi connectivity index (χ2v) is 9.70. The van der Waals surface area contributed by atoms with Crippen molar-refractivity contribution in [2.75, 3.05) is 33.3 Å². The van der Waals surface area contributed by atoms with Gasteiger partial charge in [0.1, 0.15) is 18.1 Å². The highest BCUT2D eigenvalue weighted by molar-refractivity contribution is 6.46. The molecule has 0 aromatic heterocycles. The van der Waals surface area contributed by atoms with Crippen LogP contribution in [-0.4, -0.2) is 65.0 Å². The maximum atomic E-state index is 13.4. The van der Waals surface area contributed by atoms with E-state index >= 15 is 0 Å². The van der Waals surface area contributed by atoms with Crippen molar-refractivity contribution in [2.24, 2.45) is 0 Å². The highest BCUT2D eigenvalue weighted by Crippen LogP contribution is 2.42. The van der Waals surface area contributed by atoms with E-state index in [1.165, 1.54) is 18.1 Å². The molecule has 4 rings (SSSR count). The van der Waals surface area contributed by atoms with Crippen molar-refractivity contribution in [2.45, 2.75) is 33.4 Å². The molecule has 2 N–H and O–H groups in total. The van der Waals surface area contributed by atoms with Crippen LogP contribution in [-0.2, 0) is 16.2 Å². The molecule has 0 aliphatic carbocycles. The van der Waals surface area contributed by atoms with Gasteiger partial charge < -0.3 is 29.5 Å². The highest BCUT2D eigenvalue weighted by atomic mass is 16.5. The van der Waals surface area contributed by atoms with Crippen LogP contribution >= 0.6 is 0 Å². The molecular weight excluding hydrogens is 508 g/mol. The Bertz CT molecular complexity index is 1400. The van der Waals surface area contributed by atoms with E-state index in [2.05, 4.69) is 4.90 Å². The molecule has 8 nitrogen and oxygen atoms in total. The third-order valence-corrected chi connectivity index (χ3v) is 7.31. The second kappa shape index (κ2) is 12.7. The summed E-state index contributed by atoms with van der Waals surface area (Å²) in [5.74, 6) is -0.912. The number of ketones is 1. The van der Waals surface area contributed by atoms with Crippen LogP contribution in [0.2, 0.25) is 0 Å². The lowest BCUT2D eigenvalue weighted by atomic mass is 9.93. The van der Waals surface area contributed by atoms with E-state index in [0.717, 1.165) is 18.7 Å². The van der Waals surface area contributed by atoms with Crippen molar-refractivity contribution in [3.05, 3.63) is 94.6 Å². The molecule has 1 heterocycles. The number of amides is 1. The first-order valence-electron chi connectivity index (χ1n) is 13.4. The number of aromatic hydroxyl groups is 1. The minimum atomic E-state index is -0.849. The number of hydrogen-bond acceptors (Lipinski definition) is 7. The van der Waals surface area contributed by atoms with Gasteiger partial charge in [0.25, 0.3) is 11.7 Å². The van der Waals surface area contributed by atoms with Gasteiger partial charge in [0, 0.05) is 18.7 Å². The van der Waals surface area contributed by atoms with Crippen LogP contribution in [0.15, 0.2) is 72.3 Å². The predicted molar refractivity (Wildman–Crippen MR) is 153 cm³/mol. The number of benzene rings is 3. The third-order valence-electron chi connectivity index (χ3n) is 7.31. The number of ether oxygens (including phenoxy) is 2. The first-order valence-corrected chi connectivity index (χ1v) is 13.4. The monoisotopic (exact) mass is 544 g/mol. The van der Waals surface area contributed by atoms with E-state index in [-0.39, 0.29) is 22.8 Å². The molecule has 3 aromatic carbocycles. The number of likely N-dealkylation sites (N-methyl/N-ethyl adjacent to an activating group) is 1. The quantitative estimate of drug-likeness (QED) is 0.198. The number of likely N-dealkylation sites (tertiary alicyclic amines) is 1. The van der Waals surface area contributed by atoms with Crippen molar-refractivity contribution in [1.82, 2.24) is 9.80 Å². The van der Waals surface area contributed by atoms with Gasteiger partial charge in [-0.15, -0.1) is 0 Å². The number of rotatable bonds is 11. The van der Waals surface area contributed by atoms with Crippen LogP contribution in [0, 0.1) is 6.92 Å². The summed E-state index contributed by atoms with van der Waals surface area (Å²) in [6.45, 7) is 8.75. The van der Waals surface area contributed by atoms with Crippen LogP contribution in [0.25, 0.3) is 5.76 Å². The number of hydrogen-bond donors (Lipinski definition) is 2. The Hall–Kier alpha value is -4.30. The molecule has 8 heteroatoms. The number of aryl methyl sites for hydroxylation is 1. The smallest absolute Gasteiger partial charge is 0.295 e. The molecule has 1 aliphatic heterocycles. The van der Waals surface area contributed by atoms with E-state index in [1.54, 1.807) is 30.3 Å². The van der Waals surface area contributed by atoms with E-state index in [4.69, 9.17) is 9.47 Å². The number of carbonyl (C=O) groups is 2. The Balaban J connectivity index is 1.73. The molecule has 1 aliphatic rings. The van der Waals surface area contributed by atoms with E-state index < -0.39 is 17.7 Å². The van der Waals surface area contributed by atoms with Gasteiger partial charge in [0.15, 0.2) is 11.5 Å². The van der Waals surface area contributed by atoms with Crippen LogP contribution in [0.5, 0.6) is 17.2 Å². The van der Waals surface area contributed by atoms with E-state index in [1.807, 2.05) is 51.1 Å². The minimum Gasteiger partial charge on any atom is -0.507 e. The standard InChI is InChI=1S/C32H36N2O6/c1-5-33(6-2)16-17-34-29(23-12-15-26(35)27(19-23)39-4)28(31(37)32(34)38)30(36)25-14-13-24(18-21(25)3)40-20-22-10-8-7-9-11-22/h7-15,18-19,29,35-36H,5-6,16-17,20H2,1-4H3/t29-/m0/s1. The Kier molecular flexibility index (Phi) is 9.11. The summed E-state index contributed by atoms with van der Waals surface area (Å²) >= 11 is 0. The first-order chi connectivity index (χ1) is 19.3. The maximum Gasteiger partial charge on any atom is 0.295 e. The summed E-state index contributed by atoms with van der Waals surface area (Å²) in [7, 11) is 1.43. The van der Waals surface area contributed by atoms with Crippen LogP contribution in [0.1, 0.15) is 42.1 Å². The number of phenolic OH excluding ortho intramolecular Hbond substituents is 1. The second-order valence-electron chi connectivity index (χ2n) is 9.70. The molecule has 1 atom stereocenters. The predicted octanol–water partition coefficient (Wildman–Crippen LogP) is 5.05. The Morgan fingerprint density at radius 1 is 1.00 bits per heavy atom. The van der Waals surface area contributed by atoms with Gasteiger partial charge in [-0.3, -0.25) is 9.59 Å².